The lowest BCUT2D eigenvalue weighted by atomic mass is 10.1. The average molecular weight is 278 g/mol. The molecule has 0 radical (unpaired) electrons. The number of carbonyl (C=O) groups excluding carboxylic acids is 2. The first-order valence-electron chi connectivity index (χ1n) is 6.98. The number of nitrogens with one attached hydrogen (secondary N) is 2. The highest BCUT2D eigenvalue weighted by Gasteiger charge is 1.99. The number of amides is 2. The van der Waals surface area contributed by atoms with Gasteiger partial charge in [-0.05, 0) is 12.8 Å². The molecule has 6 nitrogen and oxygen atoms in total. The molecule has 110 valence electrons. The van der Waals surface area contributed by atoms with Gasteiger partial charge in [-0.1, -0.05) is 25.7 Å². The molecule has 0 unspecified atom stereocenters. The third kappa shape index (κ3) is 12.4. The van der Waals surface area contributed by atoms with Gasteiger partial charge in [0.2, 0.25) is 11.8 Å². The highest BCUT2D eigenvalue weighted by atomic mass is 16.2. The van der Waals surface area contributed by atoms with E-state index in [1.165, 1.54) is 0 Å². The van der Waals surface area contributed by atoms with E-state index in [0.29, 0.717) is 13.1 Å². The number of nitriles is 2. The Morgan fingerprint density at radius 2 is 1.05 bits per heavy atom. The zero-order valence-corrected chi connectivity index (χ0v) is 11.8. The second-order valence-corrected chi connectivity index (χ2v) is 4.49. The molecule has 0 aliphatic carbocycles. The van der Waals surface area contributed by atoms with Crippen molar-refractivity contribution in [3.05, 3.63) is 0 Å². The number of nitrogens with zero attached hydrogens (tertiary/aromatic N) is 2. The van der Waals surface area contributed by atoms with Crippen LogP contribution in [0.15, 0.2) is 0 Å². The Bertz CT molecular complexity index is 332. The van der Waals surface area contributed by atoms with E-state index in [1.54, 1.807) is 12.1 Å². The van der Waals surface area contributed by atoms with Crippen molar-refractivity contribution in [3.8, 4) is 12.1 Å². The Kier molecular flexibility index (Phi) is 12.0. The molecule has 0 aromatic heterocycles. The number of hydrogen-bond acceptors (Lipinski definition) is 4. The van der Waals surface area contributed by atoms with Crippen molar-refractivity contribution in [1.82, 2.24) is 10.6 Å². The van der Waals surface area contributed by atoms with E-state index < -0.39 is 0 Å². The van der Waals surface area contributed by atoms with Crippen LogP contribution in [0.3, 0.4) is 0 Å². The predicted molar refractivity (Wildman–Crippen MR) is 74.2 cm³/mol. The van der Waals surface area contributed by atoms with E-state index in [9.17, 15) is 9.59 Å². The normalized spacial score (nSPS) is 9.30. The molecule has 6 heteroatoms. The monoisotopic (exact) mass is 278 g/mol. The van der Waals surface area contributed by atoms with Crippen molar-refractivity contribution in [2.45, 2.75) is 51.4 Å². The highest BCUT2D eigenvalue weighted by molar-refractivity contribution is 5.78. The van der Waals surface area contributed by atoms with Gasteiger partial charge in [0.25, 0.3) is 0 Å². The third-order valence-electron chi connectivity index (χ3n) is 2.73. The van der Waals surface area contributed by atoms with Gasteiger partial charge in [-0.2, -0.15) is 10.5 Å². The summed E-state index contributed by atoms with van der Waals surface area (Å²) in [5, 5.41) is 22.0. The van der Waals surface area contributed by atoms with E-state index >= 15 is 0 Å². The van der Waals surface area contributed by atoms with Gasteiger partial charge >= 0.3 is 0 Å². The number of carbonyl (C=O) groups is 2. The Hall–Kier alpha value is -2.08. The quantitative estimate of drug-likeness (QED) is 0.557. The first-order valence-corrected chi connectivity index (χ1v) is 6.98. The van der Waals surface area contributed by atoms with E-state index in [1.807, 2.05) is 0 Å². The van der Waals surface area contributed by atoms with E-state index in [2.05, 4.69) is 10.6 Å². The van der Waals surface area contributed by atoms with Gasteiger partial charge in [-0.15, -0.1) is 0 Å². The maximum atomic E-state index is 11.0. The lowest BCUT2D eigenvalue weighted by Crippen LogP contribution is -2.23. The van der Waals surface area contributed by atoms with Crippen molar-refractivity contribution in [2.75, 3.05) is 13.1 Å². The smallest absolute Gasteiger partial charge is 0.234 e. The zero-order chi connectivity index (χ0) is 15.1. The molecule has 0 heterocycles. The number of rotatable bonds is 11. The molecule has 2 N–H and O–H groups in total. The molecule has 0 aliphatic rings. The molecule has 20 heavy (non-hydrogen) atoms. The van der Waals surface area contributed by atoms with Crippen molar-refractivity contribution < 1.29 is 9.59 Å². The van der Waals surface area contributed by atoms with Gasteiger partial charge in [0.15, 0.2) is 0 Å². The fraction of sp³-hybridized carbons (Fsp3) is 0.714. The van der Waals surface area contributed by atoms with Crippen LogP contribution in [0.25, 0.3) is 0 Å². The minimum atomic E-state index is -0.208. The molecule has 0 aromatic carbocycles. The van der Waals surface area contributed by atoms with E-state index in [-0.39, 0.29) is 24.7 Å². The van der Waals surface area contributed by atoms with Crippen molar-refractivity contribution in [1.29, 1.82) is 10.5 Å². The summed E-state index contributed by atoms with van der Waals surface area (Å²) in [5.41, 5.74) is 0. The van der Waals surface area contributed by atoms with Crippen LogP contribution in [-0.4, -0.2) is 24.9 Å². The second kappa shape index (κ2) is 13.4. The molecule has 0 rings (SSSR count). The van der Waals surface area contributed by atoms with Gasteiger partial charge in [-0.25, -0.2) is 0 Å². The lowest BCUT2D eigenvalue weighted by Gasteiger charge is -2.04. The van der Waals surface area contributed by atoms with Gasteiger partial charge in [0.1, 0.15) is 12.8 Å². The molecular weight excluding hydrogens is 256 g/mol. The molecule has 0 fully saturated rings. The van der Waals surface area contributed by atoms with Crippen LogP contribution >= 0.6 is 0 Å². The minimum absolute atomic E-state index is 0.0719. The number of hydrogen-bond donors (Lipinski definition) is 2. The molecule has 0 bridgehead atoms. The maximum Gasteiger partial charge on any atom is 0.234 e. The van der Waals surface area contributed by atoms with E-state index in [4.69, 9.17) is 10.5 Å². The van der Waals surface area contributed by atoms with Crippen LogP contribution in [-0.2, 0) is 9.59 Å². The molecule has 0 spiro atoms. The van der Waals surface area contributed by atoms with Crippen LogP contribution in [0.4, 0.5) is 0 Å². The Morgan fingerprint density at radius 3 is 1.40 bits per heavy atom. The third-order valence-corrected chi connectivity index (χ3v) is 2.73. The van der Waals surface area contributed by atoms with Crippen LogP contribution in [0.1, 0.15) is 51.4 Å². The summed E-state index contributed by atoms with van der Waals surface area (Å²) in [6.07, 6.45) is 6.00. The molecular formula is C14H22N4O2. The van der Waals surface area contributed by atoms with Crippen LogP contribution in [0.5, 0.6) is 0 Å². The van der Waals surface area contributed by atoms with Gasteiger partial charge < -0.3 is 10.6 Å². The summed E-state index contributed by atoms with van der Waals surface area (Å²) < 4.78 is 0. The highest BCUT2D eigenvalue weighted by Crippen LogP contribution is 2.04. The van der Waals surface area contributed by atoms with Crippen molar-refractivity contribution >= 4 is 11.8 Å². The van der Waals surface area contributed by atoms with Crippen LogP contribution in [0.2, 0.25) is 0 Å². The maximum absolute atomic E-state index is 11.0. The van der Waals surface area contributed by atoms with E-state index in [0.717, 1.165) is 38.5 Å². The summed E-state index contributed by atoms with van der Waals surface area (Å²) in [6.45, 7) is 1.26. The SMILES string of the molecule is N#CCC(=O)NCCCCCCCCNC(=O)CC#N. The predicted octanol–water partition coefficient (Wildman–Crippen LogP) is 1.39. The number of unbranched alkanes of at least 4 members (excludes halogenated alkanes) is 5. The van der Waals surface area contributed by atoms with Crippen molar-refractivity contribution in [2.24, 2.45) is 0 Å². The fourth-order valence-electron chi connectivity index (χ4n) is 1.68. The molecule has 2 amide bonds. The van der Waals surface area contributed by atoms with Crippen LogP contribution < -0.4 is 10.6 Å². The average Bonchev–Trinajstić information content (AvgIpc) is 2.41. The Morgan fingerprint density at radius 1 is 0.700 bits per heavy atom. The fourth-order valence-corrected chi connectivity index (χ4v) is 1.68. The Labute approximate surface area is 120 Å². The first kappa shape index (κ1) is 17.9. The lowest BCUT2D eigenvalue weighted by molar-refractivity contribution is -0.120. The van der Waals surface area contributed by atoms with Gasteiger partial charge in [0.05, 0.1) is 12.1 Å². The van der Waals surface area contributed by atoms with Crippen molar-refractivity contribution in [3.63, 3.8) is 0 Å². The second-order valence-electron chi connectivity index (χ2n) is 4.49. The largest absolute Gasteiger partial charge is 0.355 e. The van der Waals surface area contributed by atoms with Crippen LogP contribution in [0, 0.1) is 22.7 Å². The molecule has 0 aromatic rings. The standard InChI is InChI=1S/C14H22N4O2/c15-9-7-13(19)17-11-5-3-1-2-4-6-12-18-14(20)8-10-16/h1-8,11-12H2,(H,17,19)(H,18,20). The summed E-state index contributed by atoms with van der Waals surface area (Å²) in [7, 11) is 0. The molecule has 0 aliphatic heterocycles. The molecule has 0 saturated carbocycles. The first-order chi connectivity index (χ1) is 9.70. The van der Waals surface area contributed by atoms with Gasteiger partial charge in [0, 0.05) is 13.1 Å². The zero-order valence-electron chi connectivity index (χ0n) is 11.8. The van der Waals surface area contributed by atoms with Gasteiger partial charge in [-0.3, -0.25) is 9.59 Å². The summed E-state index contributed by atoms with van der Waals surface area (Å²) in [5.74, 6) is -0.416. The summed E-state index contributed by atoms with van der Waals surface area (Å²) in [4.78, 5) is 21.9. The Balaban J connectivity index is 3.18. The summed E-state index contributed by atoms with van der Waals surface area (Å²) >= 11 is 0. The topological polar surface area (TPSA) is 106 Å². The molecule has 0 saturated heterocycles. The summed E-state index contributed by atoms with van der Waals surface area (Å²) in [6, 6.07) is 3.61. The molecule has 0 atom stereocenters. The minimum Gasteiger partial charge on any atom is -0.355 e.